The SMILES string of the molecule is COc1ccc(C2(CN)CCCCC2)c2cc(C)oc12. The molecule has 3 rings (SSSR count). The second kappa shape index (κ2) is 5.13. The number of rotatable bonds is 3. The lowest BCUT2D eigenvalue weighted by atomic mass is 9.68. The number of nitrogens with two attached hydrogens (primary N) is 1. The molecule has 2 aromatic rings. The Morgan fingerprint density at radius 1 is 1.25 bits per heavy atom. The zero-order valence-electron chi connectivity index (χ0n) is 12.4. The summed E-state index contributed by atoms with van der Waals surface area (Å²) in [5.74, 6) is 1.73. The van der Waals surface area contributed by atoms with E-state index in [-0.39, 0.29) is 5.41 Å². The van der Waals surface area contributed by atoms with E-state index in [2.05, 4.69) is 12.1 Å². The molecule has 1 aromatic heterocycles. The van der Waals surface area contributed by atoms with Gasteiger partial charge in [0.15, 0.2) is 11.3 Å². The van der Waals surface area contributed by atoms with Crippen molar-refractivity contribution in [3.8, 4) is 5.75 Å². The van der Waals surface area contributed by atoms with Crippen molar-refractivity contribution in [2.75, 3.05) is 13.7 Å². The number of aryl methyl sites for hydroxylation is 1. The van der Waals surface area contributed by atoms with Crippen molar-refractivity contribution in [3.63, 3.8) is 0 Å². The minimum absolute atomic E-state index is 0.110. The Bertz CT molecular complexity index is 609. The lowest BCUT2D eigenvalue weighted by Crippen LogP contribution is -2.37. The number of hydrogen-bond donors (Lipinski definition) is 1. The predicted octanol–water partition coefficient (Wildman–Crippen LogP) is 3.91. The fourth-order valence-corrected chi connectivity index (χ4v) is 3.66. The first-order chi connectivity index (χ1) is 9.70. The van der Waals surface area contributed by atoms with Crippen LogP contribution in [-0.2, 0) is 5.41 Å². The largest absolute Gasteiger partial charge is 0.493 e. The van der Waals surface area contributed by atoms with Gasteiger partial charge in [0.05, 0.1) is 7.11 Å². The third kappa shape index (κ3) is 2.01. The van der Waals surface area contributed by atoms with E-state index in [0.29, 0.717) is 6.54 Å². The highest BCUT2D eigenvalue weighted by molar-refractivity contribution is 5.88. The highest BCUT2D eigenvalue weighted by atomic mass is 16.5. The van der Waals surface area contributed by atoms with Crippen molar-refractivity contribution in [2.45, 2.75) is 44.4 Å². The van der Waals surface area contributed by atoms with Gasteiger partial charge < -0.3 is 14.9 Å². The van der Waals surface area contributed by atoms with Crippen molar-refractivity contribution in [1.29, 1.82) is 0 Å². The Labute approximate surface area is 120 Å². The zero-order chi connectivity index (χ0) is 14.2. The molecule has 3 heteroatoms. The molecule has 0 saturated heterocycles. The van der Waals surface area contributed by atoms with E-state index < -0.39 is 0 Å². The van der Waals surface area contributed by atoms with Crippen LogP contribution in [0.5, 0.6) is 5.75 Å². The molecule has 2 N–H and O–H groups in total. The minimum Gasteiger partial charge on any atom is -0.493 e. The summed E-state index contributed by atoms with van der Waals surface area (Å²) in [7, 11) is 1.69. The van der Waals surface area contributed by atoms with Gasteiger partial charge in [-0.2, -0.15) is 0 Å². The highest BCUT2D eigenvalue weighted by Gasteiger charge is 2.34. The molecule has 1 aliphatic carbocycles. The quantitative estimate of drug-likeness (QED) is 0.922. The van der Waals surface area contributed by atoms with Crippen LogP contribution in [-0.4, -0.2) is 13.7 Å². The normalized spacial score (nSPS) is 18.4. The number of ether oxygens (including phenoxy) is 1. The Kier molecular flexibility index (Phi) is 3.47. The van der Waals surface area contributed by atoms with E-state index >= 15 is 0 Å². The number of benzene rings is 1. The Balaban J connectivity index is 2.20. The maximum atomic E-state index is 6.18. The van der Waals surface area contributed by atoms with Crippen LogP contribution in [0.2, 0.25) is 0 Å². The van der Waals surface area contributed by atoms with Crippen LogP contribution in [0.15, 0.2) is 22.6 Å². The molecular weight excluding hydrogens is 250 g/mol. The molecule has 1 heterocycles. The minimum atomic E-state index is 0.110. The second-order valence-electron chi connectivity index (χ2n) is 5.96. The van der Waals surface area contributed by atoms with E-state index in [1.807, 2.05) is 13.0 Å². The molecule has 1 aliphatic rings. The third-order valence-electron chi connectivity index (χ3n) is 4.76. The fraction of sp³-hybridized carbons (Fsp3) is 0.529. The average Bonchev–Trinajstić information content (AvgIpc) is 2.88. The highest BCUT2D eigenvalue weighted by Crippen LogP contribution is 2.44. The van der Waals surface area contributed by atoms with Gasteiger partial charge in [0, 0.05) is 17.3 Å². The summed E-state index contributed by atoms with van der Waals surface area (Å²) in [6, 6.07) is 6.33. The molecule has 0 atom stereocenters. The van der Waals surface area contributed by atoms with E-state index in [1.54, 1.807) is 7.11 Å². The van der Waals surface area contributed by atoms with Crippen LogP contribution in [0.25, 0.3) is 11.0 Å². The van der Waals surface area contributed by atoms with Crippen LogP contribution >= 0.6 is 0 Å². The Hall–Kier alpha value is -1.48. The molecule has 1 aromatic carbocycles. The van der Waals surface area contributed by atoms with Crippen molar-refractivity contribution < 1.29 is 9.15 Å². The van der Waals surface area contributed by atoms with Gasteiger partial charge in [-0.1, -0.05) is 25.3 Å². The second-order valence-corrected chi connectivity index (χ2v) is 5.96. The van der Waals surface area contributed by atoms with Gasteiger partial charge in [-0.25, -0.2) is 0 Å². The van der Waals surface area contributed by atoms with Crippen molar-refractivity contribution in [2.24, 2.45) is 5.73 Å². The molecule has 20 heavy (non-hydrogen) atoms. The van der Waals surface area contributed by atoms with Gasteiger partial charge in [0.25, 0.3) is 0 Å². The summed E-state index contributed by atoms with van der Waals surface area (Å²) in [6.07, 6.45) is 6.21. The Morgan fingerprint density at radius 2 is 2.00 bits per heavy atom. The molecule has 108 valence electrons. The molecule has 0 amide bonds. The molecule has 0 radical (unpaired) electrons. The zero-order valence-corrected chi connectivity index (χ0v) is 12.4. The molecule has 0 bridgehead atoms. The summed E-state index contributed by atoms with van der Waals surface area (Å²) in [5.41, 5.74) is 8.49. The number of hydrogen-bond acceptors (Lipinski definition) is 3. The van der Waals surface area contributed by atoms with Crippen LogP contribution in [0.1, 0.15) is 43.4 Å². The number of methoxy groups -OCH3 is 1. The number of furan rings is 1. The van der Waals surface area contributed by atoms with E-state index in [0.717, 1.165) is 17.1 Å². The summed E-state index contributed by atoms with van der Waals surface area (Å²) in [5, 5.41) is 1.18. The average molecular weight is 273 g/mol. The van der Waals surface area contributed by atoms with Gasteiger partial charge in [-0.3, -0.25) is 0 Å². The van der Waals surface area contributed by atoms with Gasteiger partial charge in [-0.05, 0) is 37.5 Å². The van der Waals surface area contributed by atoms with Crippen LogP contribution < -0.4 is 10.5 Å². The molecule has 3 nitrogen and oxygen atoms in total. The molecular formula is C17H23NO2. The fourth-order valence-electron chi connectivity index (χ4n) is 3.66. The summed E-state index contributed by atoms with van der Waals surface area (Å²) in [4.78, 5) is 0. The lowest BCUT2D eigenvalue weighted by molar-refractivity contribution is 0.302. The molecule has 0 unspecified atom stereocenters. The van der Waals surface area contributed by atoms with Crippen molar-refractivity contribution in [1.82, 2.24) is 0 Å². The van der Waals surface area contributed by atoms with Crippen molar-refractivity contribution in [3.05, 3.63) is 29.5 Å². The van der Waals surface area contributed by atoms with Crippen LogP contribution in [0.4, 0.5) is 0 Å². The first kappa shape index (κ1) is 13.5. The summed E-state index contributed by atoms with van der Waals surface area (Å²) >= 11 is 0. The van der Waals surface area contributed by atoms with E-state index in [1.165, 1.54) is 43.1 Å². The van der Waals surface area contributed by atoms with Gasteiger partial charge in [-0.15, -0.1) is 0 Å². The maximum absolute atomic E-state index is 6.18. The summed E-state index contributed by atoms with van der Waals surface area (Å²) in [6.45, 7) is 2.69. The molecule has 1 fully saturated rings. The summed E-state index contributed by atoms with van der Waals surface area (Å²) < 4.78 is 11.3. The van der Waals surface area contributed by atoms with Crippen LogP contribution in [0.3, 0.4) is 0 Å². The predicted molar refractivity (Wildman–Crippen MR) is 81.3 cm³/mol. The van der Waals surface area contributed by atoms with E-state index in [4.69, 9.17) is 14.9 Å². The first-order valence-electron chi connectivity index (χ1n) is 7.48. The van der Waals surface area contributed by atoms with Crippen LogP contribution in [0, 0.1) is 6.92 Å². The third-order valence-corrected chi connectivity index (χ3v) is 4.76. The number of fused-ring (bicyclic) bond motifs is 1. The topological polar surface area (TPSA) is 48.4 Å². The lowest BCUT2D eigenvalue weighted by Gasteiger charge is -2.37. The molecule has 0 aliphatic heterocycles. The van der Waals surface area contributed by atoms with Gasteiger partial charge in [0.2, 0.25) is 0 Å². The van der Waals surface area contributed by atoms with Crippen molar-refractivity contribution >= 4 is 11.0 Å². The van der Waals surface area contributed by atoms with E-state index in [9.17, 15) is 0 Å². The Morgan fingerprint density at radius 3 is 2.65 bits per heavy atom. The first-order valence-corrected chi connectivity index (χ1v) is 7.48. The van der Waals surface area contributed by atoms with Gasteiger partial charge in [0.1, 0.15) is 5.76 Å². The standard InChI is InChI=1S/C17H23NO2/c1-12-10-13-14(6-7-15(19-2)16(13)20-12)17(11-18)8-4-3-5-9-17/h6-7,10H,3-5,8-9,11,18H2,1-2H3. The molecule has 1 saturated carbocycles. The smallest absolute Gasteiger partial charge is 0.176 e. The maximum Gasteiger partial charge on any atom is 0.176 e. The van der Waals surface area contributed by atoms with Gasteiger partial charge >= 0.3 is 0 Å². The molecule has 0 spiro atoms. The monoisotopic (exact) mass is 273 g/mol.